The Labute approximate surface area is 84.5 Å². The zero-order valence-corrected chi connectivity index (χ0v) is 7.64. The molecular weight excluding hydrogens is 219 g/mol. The van der Waals surface area contributed by atoms with Crippen LogP contribution in [0.2, 0.25) is 0 Å². The average Bonchev–Trinajstić information content (AvgIpc) is 2.04. The molecule has 0 aliphatic rings. The molecule has 6 heteroatoms. The first-order chi connectivity index (χ1) is 6.05. The summed E-state index contributed by atoms with van der Waals surface area (Å²) in [5.74, 6) is 0. The Balaban J connectivity index is 0.00000169. The van der Waals surface area contributed by atoms with Crippen molar-refractivity contribution >= 4 is 18.6 Å². The number of hydrogen-bond acceptors (Lipinski definition) is 2. The lowest BCUT2D eigenvalue weighted by Gasteiger charge is -2.08. The van der Waals surface area contributed by atoms with Gasteiger partial charge in [0, 0.05) is 5.56 Å². The molecule has 0 saturated heterocycles. The van der Waals surface area contributed by atoms with E-state index in [4.69, 9.17) is 5.21 Å². The van der Waals surface area contributed by atoms with E-state index in [1.807, 2.05) is 0 Å². The highest BCUT2D eigenvalue weighted by molar-refractivity contribution is 5.85. The Hall–Kier alpha value is -1.23. The van der Waals surface area contributed by atoms with Crippen molar-refractivity contribution in [3.8, 4) is 0 Å². The maximum Gasteiger partial charge on any atom is 0.417 e. The van der Waals surface area contributed by atoms with Crippen molar-refractivity contribution in [2.45, 2.75) is 6.18 Å². The van der Waals surface area contributed by atoms with Crippen LogP contribution in [0, 0.1) is 0 Å². The van der Waals surface area contributed by atoms with E-state index in [0.717, 1.165) is 12.3 Å². The van der Waals surface area contributed by atoms with Crippen LogP contribution in [-0.2, 0) is 6.18 Å². The van der Waals surface area contributed by atoms with E-state index in [2.05, 4.69) is 5.16 Å². The summed E-state index contributed by atoms with van der Waals surface area (Å²) in [5, 5.41) is 10.7. The molecule has 0 saturated carbocycles. The summed E-state index contributed by atoms with van der Waals surface area (Å²) in [6.07, 6.45) is -3.67. The molecule has 0 radical (unpaired) electrons. The molecular formula is C8H7ClF3NO. The smallest absolute Gasteiger partial charge is 0.411 e. The topological polar surface area (TPSA) is 32.6 Å². The molecule has 0 heterocycles. The molecule has 0 atom stereocenters. The number of oxime groups is 1. The lowest BCUT2D eigenvalue weighted by atomic mass is 10.1. The summed E-state index contributed by atoms with van der Waals surface area (Å²) in [4.78, 5) is 0. The molecule has 1 rings (SSSR count). The summed E-state index contributed by atoms with van der Waals surface area (Å²) in [6.45, 7) is 0. The Morgan fingerprint density at radius 3 is 2.29 bits per heavy atom. The Kier molecular flexibility index (Phi) is 4.43. The van der Waals surface area contributed by atoms with Gasteiger partial charge in [0.25, 0.3) is 0 Å². The number of benzene rings is 1. The van der Waals surface area contributed by atoms with Crippen molar-refractivity contribution in [3.05, 3.63) is 35.4 Å². The van der Waals surface area contributed by atoms with Crippen molar-refractivity contribution in [2.24, 2.45) is 5.16 Å². The highest BCUT2D eigenvalue weighted by Gasteiger charge is 2.32. The SMILES string of the molecule is Cl.O/N=C/c1ccccc1C(F)(F)F. The maximum atomic E-state index is 12.2. The van der Waals surface area contributed by atoms with Gasteiger partial charge in [-0.25, -0.2) is 0 Å². The molecule has 0 aliphatic heterocycles. The minimum atomic E-state index is -4.42. The first-order valence-electron chi connectivity index (χ1n) is 3.39. The molecule has 1 N–H and O–H groups in total. The molecule has 0 aromatic heterocycles. The normalized spacial score (nSPS) is 11.4. The Morgan fingerprint density at radius 1 is 1.21 bits per heavy atom. The van der Waals surface area contributed by atoms with Crippen LogP contribution in [0.1, 0.15) is 11.1 Å². The van der Waals surface area contributed by atoms with Crippen molar-refractivity contribution in [3.63, 3.8) is 0 Å². The second-order valence-electron chi connectivity index (χ2n) is 2.33. The fraction of sp³-hybridized carbons (Fsp3) is 0.125. The predicted molar refractivity (Wildman–Crippen MR) is 48.1 cm³/mol. The molecule has 0 amide bonds. The molecule has 2 nitrogen and oxygen atoms in total. The van der Waals surface area contributed by atoms with Gasteiger partial charge in [-0.05, 0) is 6.07 Å². The van der Waals surface area contributed by atoms with Crippen LogP contribution in [0.25, 0.3) is 0 Å². The van der Waals surface area contributed by atoms with E-state index < -0.39 is 11.7 Å². The lowest BCUT2D eigenvalue weighted by molar-refractivity contribution is -0.137. The molecule has 1 aromatic rings. The van der Waals surface area contributed by atoms with Gasteiger partial charge < -0.3 is 5.21 Å². The van der Waals surface area contributed by atoms with Crippen molar-refractivity contribution in [1.82, 2.24) is 0 Å². The minimum Gasteiger partial charge on any atom is -0.411 e. The molecule has 14 heavy (non-hydrogen) atoms. The Bertz CT molecular complexity index is 325. The van der Waals surface area contributed by atoms with Gasteiger partial charge in [0.1, 0.15) is 0 Å². The third kappa shape index (κ3) is 2.92. The van der Waals surface area contributed by atoms with Crippen LogP contribution in [0.15, 0.2) is 29.4 Å². The first-order valence-corrected chi connectivity index (χ1v) is 3.39. The van der Waals surface area contributed by atoms with Gasteiger partial charge in [0.05, 0.1) is 11.8 Å². The summed E-state index contributed by atoms with van der Waals surface area (Å²) < 4.78 is 36.7. The highest BCUT2D eigenvalue weighted by atomic mass is 35.5. The van der Waals surface area contributed by atoms with E-state index in [9.17, 15) is 13.2 Å². The molecule has 78 valence electrons. The summed E-state index contributed by atoms with van der Waals surface area (Å²) in [7, 11) is 0. The largest absolute Gasteiger partial charge is 0.417 e. The number of rotatable bonds is 1. The lowest BCUT2D eigenvalue weighted by Crippen LogP contribution is -2.08. The second-order valence-corrected chi connectivity index (χ2v) is 2.33. The van der Waals surface area contributed by atoms with Crippen molar-refractivity contribution in [2.75, 3.05) is 0 Å². The van der Waals surface area contributed by atoms with Crippen LogP contribution in [0.5, 0.6) is 0 Å². The average molecular weight is 226 g/mol. The van der Waals surface area contributed by atoms with Crippen LogP contribution in [-0.4, -0.2) is 11.4 Å². The van der Waals surface area contributed by atoms with Gasteiger partial charge in [-0.15, -0.1) is 12.4 Å². The zero-order valence-electron chi connectivity index (χ0n) is 6.82. The summed E-state index contributed by atoms with van der Waals surface area (Å²) in [5.41, 5.74) is -0.967. The van der Waals surface area contributed by atoms with Gasteiger partial charge in [-0.3, -0.25) is 0 Å². The van der Waals surface area contributed by atoms with Crippen molar-refractivity contribution < 1.29 is 18.4 Å². The predicted octanol–water partition coefficient (Wildman–Crippen LogP) is 2.94. The monoisotopic (exact) mass is 225 g/mol. The van der Waals surface area contributed by atoms with Crippen LogP contribution < -0.4 is 0 Å². The number of nitrogens with zero attached hydrogens (tertiary/aromatic N) is 1. The number of hydrogen-bond donors (Lipinski definition) is 1. The fourth-order valence-corrected chi connectivity index (χ4v) is 0.930. The number of alkyl halides is 3. The standard InChI is InChI=1S/C8H6F3NO.ClH/c9-8(10,11)7-4-2-1-3-6(7)5-12-13;/h1-5,13H;1H/b12-5+;. The third-order valence-corrected chi connectivity index (χ3v) is 1.46. The maximum absolute atomic E-state index is 12.2. The Morgan fingerprint density at radius 2 is 1.79 bits per heavy atom. The van der Waals surface area contributed by atoms with Crippen LogP contribution in [0.3, 0.4) is 0 Å². The first kappa shape index (κ1) is 12.8. The van der Waals surface area contributed by atoms with E-state index in [-0.39, 0.29) is 18.0 Å². The number of halogens is 4. The summed E-state index contributed by atoms with van der Waals surface area (Å²) >= 11 is 0. The molecule has 1 aromatic carbocycles. The molecule has 0 aliphatic carbocycles. The quantitative estimate of drug-likeness (QED) is 0.445. The van der Waals surface area contributed by atoms with Gasteiger partial charge in [0.2, 0.25) is 0 Å². The van der Waals surface area contributed by atoms with E-state index in [1.165, 1.54) is 18.2 Å². The van der Waals surface area contributed by atoms with Gasteiger partial charge in [0.15, 0.2) is 0 Å². The van der Waals surface area contributed by atoms with Crippen LogP contribution in [0.4, 0.5) is 13.2 Å². The molecule has 0 bridgehead atoms. The second kappa shape index (κ2) is 4.85. The van der Waals surface area contributed by atoms with Crippen LogP contribution >= 0.6 is 12.4 Å². The molecule has 0 fully saturated rings. The third-order valence-electron chi connectivity index (χ3n) is 1.46. The van der Waals surface area contributed by atoms with E-state index in [0.29, 0.717) is 0 Å². The fourth-order valence-electron chi connectivity index (χ4n) is 0.930. The molecule has 0 spiro atoms. The zero-order chi connectivity index (χ0) is 9.90. The van der Waals surface area contributed by atoms with Gasteiger partial charge >= 0.3 is 6.18 Å². The van der Waals surface area contributed by atoms with Gasteiger partial charge in [-0.2, -0.15) is 13.2 Å². The van der Waals surface area contributed by atoms with Gasteiger partial charge in [-0.1, -0.05) is 23.4 Å². The van der Waals surface area contributed by atoms with E-state index in [1.54, 1.807) is 0 Å². The molecule has 0 unspecified atom stereocenters. The highest BCUT2D eigenvalue weighted by Crippen LogP contribution is 2.30. The van der Waals surface area contributed by atoms with E-state index >= 15 is 0 Å². The van der Waals surface area contributed by atoms with Crippen molar-refractivity contribution in [1.29, 1.82) is 0 Å². The minimum absolute atomic E-state index is 0. The summed E-state index contributed by atoms with van der Waals surface area (Å²) in [6, 6.07) is 4.86.